The lowest BCUT2D eigenvalue weighted by molar-refractivity contribution is -0.281. The largest absolute Gasteiger partial charge is 0.497 e. The first-order valence-corrected chi connectivity index (χ1v) is 8.46. The minimum Gasteiger partial charge on any atom is -0.497 e. The molecule has 136 valence electrons. The molecule has 0 radical (unpaired) electrons. The molecule has 6 nitrogen and oxygen atoms in total. The zero-order chi connectivity index (χ0) is 18.3. The molecule has 1 N–H and O–H groups in total. The summed E-state index contributed by atoms with van der Waals surface area (Å²) in [5.41, 5.74) is 1.72. The number of rotatable bonds is 4. The number of nitrogens with one attached hydrogen (secondary N) is 1. The van der Waals surface area contributed by atoms with Crippen molar-refractivity contribution in [3.05, 3.63) is 36.2 Å². The summed E-state index contributed by atoms with van der Waals surface area (Å²) in [5.74, 6) is 0.859. The Morgan fingerprint density at radius 3 is 2.96 bits per heavy atom. The van der Waals surface area contributed by atoms with E-state index >= 15 is 0 Å². The number of thioether (sulfide) groups is 1. The smallest absolute Gasteiger partial charge is 0.468 e. The monoisotopic (exact) mass is 383 g/mol. The molecule has 0 spiro atoms. The van der Waals surface area contributed by atoms with Crippen LogP contribution >= 0.6 is 11.8 Å². The highest BCUT2D eigenvalue weighted by Crippen LogP contribution is 2.42. The molecule has 1 atom stereocenters. The van der Waals surface area contributed by atoms with Crippen LogP contribution in [-0.4, -0.2) is 34.5 Å². The number of imidazole rings is 1. The Bertz CT molecular complexity index is 966. The number of ether oxygens (including phenoxy) is 3. The second-order valence-corrected chi connectivity index (χ2v) is 6.40. The van der Waals surface area contributed by atoms with Crippen LogP contribution in [0.4, 0.5) is 13.2 Å². The molecule has 26 heavy (non-hydrogen) atoms. The van der Waals surface area contributed by atoms with Gasteiger partial charge in [-0.05, 0) is 6.07 Å². The highest BCUT2D eigenvalue weighted by molar-refractivity contribution is 7.98. The lowest BCUT2D eigenvalue weighted by atomic mass is 10.2. The van der Waals surface area contributed by atoms with E-state index in [1.807, 2.05) is 0 Å². The van der Waals surface area contributed by atoms with E-state index in [-0.39, 0.29) is 11.5 Å². The molecule has 1 aromatic carbocycles. The zero-order valence-electron chi connectivity index (χ0n) is 13.3. The maximum absolute atomic E-state index is 13.3. The number of hydrogen-bond acceptors (Lipinski definition) is 6. The van der Waals surface area contributed by atoms with Crippen molar-refractivity contribution >= 4 is 22.8 Å². The number of hydrogen-bond donors (Lipinski definition) is 1. The highest BCUT2D eigenvalue weighted by atomic mass is 32.2. The Labute approximate surface area is 149 Å². The second kappa shape index (κ2) is 6.27. The van der Waals surface area contributed by atoms with Gasteiger partial charge in [0.05, 0.1) is 23.8 Å². The summed E-state index contributed by atoms with van der Waals surface area (Å²) in [6.45, 7) is 0. The van der Waals surface area contributed by atoms with Crippen LogP contribution in [-0.2, 0) is 5.75 Å². The van der Waals surface area contributed by atoms with Crippen molar-refractivity contribution in [1.82, 2.24) is 15.0 Å². The molecule has 10 heteroatoms. The Morgan fingerprint density at radius 1 is 1.31 bits per heavy atom. The van der Waals surface area contributed by atoms with Crippen molar-refractivity contribution in [2.75, 3.05) is 7.11 Å². The summed E-state index contributed by atoms with van der Waals surface area (Å²) in [6, 6.07) is 6.22. The Kier molecular flexibility index (Phi) is 4.06. The Hall–Kier alpha value is -2.62. The summed E-state index contributed by atoms with van der Waals surface area (Å²) in [7, 11) is 1.57. The number of halogens is 3. The van der Waals surface area contributed by atoms with Gasteiger partial charge < -0.3 is 19.2 Å². The number of methoxy groups -OCH3 is 1. The predicted octanol–water partition coefficient (Wildman–Crippen LogP) is 3.92. The first-order chi connectivity index (χ1) is 12.4. The average molecular weight is 383 g/mol. The molecule has 1 aliphatic rings. The van der Waals surface area contributed by atoms with Crippen molar-refractivity contribution in [3.63, 3.8) is 0 Å². The minimum atomic E-state index is -4.03. The molecule has 0 amide bonds. The molecular weight excluding hydrogens is 371 g/mol. The van der Waals surface area contributed by atoms with Crippen molar-refractivity contribution in [2.24, 2.45) is 0 Å². The van der Waals surface area contributed by atoms with Crippen molar-refractivity contribution in [3.8, 4) is 17.2 Å². The fourth-order valence-electron chi connectivity index (χ4n) is 2.41. The summed E-state index contributed by atoms with van der Waals surface area (Å²) >= 11 is 1.37. The number of H-pyrrole nitrogens is 1. The fraction of sp³-hybridized carbons (Fsp3) is 0.250. The van der Waals surface area contributed by atoms with Gasteiger partial charge in [-0.1, -0.05) is 11.8 Å². The van der Waals surface area contributed by atoms with E-state index in [0.717, 1.165) is 5.69 Å². The van der Waals surface area contributed by atoms with Crippen molar-refractivity contribution < 1.29 is 27.4 Å². The fourth-order valence-corrected chi connectivity index (χ4v) is 3.20. The average Bonchev–Trinajstić information content (AvgIpc) is 3.01. The molecule has 0 bridgehead atoms. The van der Waals surface area contributed by atoms with Gasteiger partial charge in [0.2, 0.25) is 0 Å². The van der Waals surface area contributed by atoms with E-state index in [2.05, 4.69) is 24.4 Å². The Morgan fingerprint density at radius 2 is 2.15 bits per heavy atom. The lowest BCUT2D eigenvalue weighted by Crippen LogP contribution is -2.43. The van der Waals surface area contributed by atoms with E-state index in [1.54, 1.807) is 25.4 Å². The highest BCUT2D eigenvalue weighted by Gasteiger charge is 2.49. The summed E-state index contributed by atoms with van der Waals surface area (Å²) < 4.78 is 54.0. The van der Waals surface area contributed by atoms with Crippen LogP contribution < -0.4 is 14.2 Å². The van der Waals surface area contributed by atoms with Gasteiger partial charge in [0, 0.05) is 30.1 Å². The molecule has 1 aliphatic heterocycles. The zero-order valence-corrected chi connectivity index (χ0v) is 14.1. The Balaban J connectivity index is 1.56. The minimum absolute atomic E-state index is 0.117. The van der Waals surface area contributed by atoms with Gasteiger partial charge in [0.15, 0.2) is 16.7 Å². The van der Waals surface area contributed by atoms with Crippen LogP contribution in [0.2, 0.25) is 0 Å². The second-order valence-electron chi connectivity index (χ2n) is 5.43. The van der Waals surface area contributed by atoms with Crippen LogP contribution in [0.5, 0.6) is 17.2 Å². The standard InChI is InChI=1S/C16H12F3N3O3S/c1-23-9-2-3-20-8(4-9)7-26-15-21-10-5-12-13(6-11(10)22-15)25-16(18,19)14(17)24-12/h2-6,14H,7H2,1H3,(H,21,22). The number of pyridine rings is 1. The van der Waals surface area contributed by atoms with Gasteiger partial charge in [-0.3, -0.25) is 4.98 Å². The number of nitrogens with zero attached hydrogens (tertiary/aromatic N) is 2. The summed E-state index contributed by atoms with van der Waals surface area (Å²) in [6.07, 6.45) is -5.25. The molecule has 0 saturated carbocycles. The normalized spacial score (nSPS) is 18.1. The number of aromatic nitrogens is 3. The number of alkyl halides is 3. The summed E-state index contributed by atoms with van der Waals surface area (Å²) in [4.78, 5) is 11.6. The van der Waals surface area contributed by atoms with Crippen LogP contribution in [0, 0.1) is 0 Å². The maximum Gasteiger partial charge on any atom is 0.468 e. The van der Waals surface area contributed by atoms with E-state index < -0.39 is 12.5 Å². The van der Waals surface area contributed by atoms with Crippen LogP contribution in [0.1, 0.15) is 5.69 Å². The molecule has 3 aromatic rings. The third kappa shape index (κ3) is 3.12. The van der Waals surface area contributed by atoms with Gasteiger partial charge in [-0.25, -0.2) is 4.98 Å². The van der Waals surface area contributed by atoms with Gasteiger partial charge in [0.25, 0.3) is 0 Å². The van der Waals surface area contributed by atoms with Crippen LogP contribution in [0.3, 0.4) is 0 Å². The lowest BCUT2D eigenvalue weighted by Gasteiger charge is -2.28. The quantitative estimate of drug-likeness (QED) is 0.689. The SMILES string of the molecule is COc1ccnc(CSc2nc3cc4c(cc3[nH]2)OC(F)(F)C(F)O4)c1. The topological polar surface area (TPSA) is 69.3 Å². The number of benzene rings is 1. The van der Waals surface area contributed by atoms with Gasteiger partial charge in [-0.15, -0.1) is 0 Å². The maximum atomic E-state index is 13.3. The van der Waals surface area contributed by atoms with Crippen LogP contribution in [0.15, 0.2) is 35.6 Å². The molecule has 4 rings (SSSR count). The first-order valence-electron chi connectivity index (χ1n) is 7.47. The molecular formula is C16H12F3N3O3S. The van der Waals surface area contributed by atoms with Gasteiger partial charge in [0.1, 0.15) is 5.75 Å². The van der Waals surface area contributed by atoms with E-state index in [4.69, 9.17) is 4.74 Å². The van der Waals surface area contributed by atoms with E-state index in [9.17, 15) is 13.2 Å². The number of fused-ring (bicyclic) bond motifs is 2. The van der Waals surface area contributed by atoms with Gasteiger partial charge >= 0.3 is 12.5 Å². The predicted molar refractivity (Wildman–Crippen MR) is 87.5 cm³/mol. The molecule has 2 aromatic heterocycles. The molecule has 0 aliphatic carbocycles. The van der Waals surface area contributed by atoms with Gasteiger partial charge in [-0.2, -0.15) is 13.2 Å². The third-order valence-electron chi connectivity index (χ3n) is 3.65. The van der Waals surface area contributed by atoms with Crippen molar-refractivity contribution in [1.29, 1.82) is 0 Å². The number of aromatic amines is 1. The molecule has 0 saturated heterocycles. The molecule has 3 heterocycles. The first kappa shape index (κ1) is 16.8. The van der Waals surface area contributed by atoms with E-state index in [1.165, 1.54) is 23.9 Å². The summed E-state index contributed by atoms with van der Waals surface area (Å²) in [5, 5.41) is 0.551. The molecule has 1 unspecified atom stereocenters. The van der Waals surface area contributed by atoms with Crippen LogP contribution in [0.25, 0.3) is 11.0 Å². The van der Waals surface area contributed by atoms with Crippen molar-refractivity contribution in [2.45, 2.75) is 23.4 Å². The third-order valence-corrected chi connectivity index (χ3v) is 4.55. The van der Waals surface area contributed by atoms with E-state index in [0.29, 0.717) is 27.7 Å². The molecule has 0 fully saturated rings.